The van der Waals surface area contributed by atoms with E-state index in [4.69, 9.17) is 9.84 Å². The molecule has 5 heteroatoms. The van der Waals surface area contributed by atoms with Gasteiger partial charge in [0.1, 0.15) is 5.75 Å². The van der Waals surface area contributed by atoms with E-state index in [1.807, 2.05) is 13.0 Å². The number of aliphatic carboxylic acids is 1. The molecule has 0 atom stereocenters. The van der Waals surface area contributed by atoms with E-state index >= 15 is 0 Å². The number of aryl methyl sites for hydroxylation is 1. The Labute approximate surface area is 111 Å². The van der Waals surface area contributed by atoms with Gasteiger partial charge >= 0.3 is 5.97 Å². The van der Waals surface area contributed by atoms with Crippen LogP contribution < -0.4 is 10.1 Å². The summed E-state index contributed by atoms with van der Waals surface area (Å²) in [4.78, 5) is 22.8. The Morgan fingerprint density at radius 1 is 1.21 bits per heavy atom. The molecule has 0 aliphatic heterocycles. The Kier molecular flexibility index (Phi) is 4.69. The Balaban J connectivity index is 3.03. The lowest BCUT2D eigenvalue weighted by atomic mass is 10.1. The minimum Gasteiger partial charge on any atom is -0.495 e. The summed E-state index contributed by atoms with van der Waals surface area (Å²) in [5.74, 6) is -1.03. The number of nitrogens with one attached hydrogen (secondary N) is 1. The summed E-state index contributed by atoms with van der Waals surface area (Å²) in [6.45, 7) is 4.76. The van der Waals surface area contributed by atoms with Crippen molar-refractivity contribution < 1.29 is 19.4 Å². The molecule has 0 bridgehead atoms. The van der Waals surface area contributed by atoms with Gasteiger partial charge in [-0.15, -0.1) is 0 Å². The summed E-state index contributed by atoms with van der Waals surface area (Å²) in [6, 6.07) is 5.37. The normalized spacial score (nSPS) is 11.6. The van der Waals surface area contributed by atoms with Crippen molar-refractivity contribution in [3.05, 3.63) is 34.9 Å². The van der Waals surface area contributed by atoms with Gasteiger partial charge in [-0.3, -0.25) is 4.79 Å². The van der Waals surface area contributed by atoms with Crippen LogP contribution in [0, 0.1) is 6.92 Å². The summed E-state index contributed by atoms with van der Waals surface area (Å²) in [7, 11) is 1.51. The summed E-state index contributed by atoms with van der Waals surface area (Å²) in [5, 5.41) is 11.5. The van der Waals surface area contributed by atoms with Crippen LogP contribution in [0.5, 0.6) is 5.75 Å². The second-order valence-electron chi connectivity index (χ2n) is 4.21. The molecule has 1 aromatic rings. The van der Waals surface area contributed by atoms with Gasteiger partial charge in [-0.25, -0.2) is 4.79 Å². The topological polar surface area (TPSA) is 75.6 Å². The van der Waals surface area contributed by atoms with Crippen LogP contribution in [-0.2, 0) is 9.59 Å². The highest BCUT2D eigenvalue weighted by molar-refractivity contribution is 6.08. The van der Waals surface area contributed by atoms with Gasteiger partial charge in [-0.05, 0) is 38.5 Å². The maximum Gasteiger partial charge on any atom is 0.331 e. The molecule has 0 aliphatic rings. The zero-order valence-electron chi connectivity index (χ0n) is 11.4. The van der Waals surface area contributed by atoms with Crippen molar-refractivity contribution in [3.63, 3.8) is 0 Å². The quantitative estimate of drug-likeness (QED) is 0.818. The van der Waals surface area contributed by atoms with Crippen molar-refractivity contribution in [2.24, 2.45) is 0 Å². The smallest absolute Gasteiger partial charge is 0.331 e. The van der Waals surface area contributed by atoms with Gasteiger partial charge in [0.2, 0.25) is 0 Å². The molecule has 0 fully saturated rings. The zero-order chi connectivity index (χ0) is 14.6. The number of anilines is 1. The van der Waals surface area contributed by atoms with Gasteiger partial charge in [0, 0.05) is 11.1 Å². The van der Waals surface area contributed by atoms with Gasteiger partial charge < -0.3 is 15.2 Å². The zero-order valence-corrected chi connectivity index (χ0v) is 11.4. The SMILES string of the molecule is COc1ccc(C)cc1NC(=O)C(C)=C(C)C(=O)O. The van der Waals surface area contributed by atoms with Crippen molar-refractivity contribution >= 4 is 17.6 Å². The molecule has 1 rings (SSSR count). The van der Waals surface area contributed by atoms with Crippen LogP contribution in [0.25, 0.3) is 0 Å². The minimum atomic E-state index is -1.11. The number of carboxylic acid groups (broad SMARTS) is 1. The molecule has 102 valence electrons. The molecule has 2 N–H and O–H groups in total. The van der Waals surface area contributed by atoms with Gasteiger partial charge in [0.25, 0.3) is 5.91 Å². The molecule has 0 saturated heterocycles. The number of rotatable bonds is 4. The number of carbonyl (C=O) groups is 2. The van der Waals surface area contributed by atoms with Crippen molar-refractivity contribution in [2.75, 3.05) is 12.4 Å². The van der Waals surface area contributed by atoms with Crippen molar-refractivity contribution in [1.29, 1.82) is 0 Å². The van der Waals surface area contributed by atoms with Crippen LogP contribution in [0.1, 0.15) is 19.4 Å². The van der Waals surface area contributed by atoms with Gasteiger partial charge in [-0.2, -0.15) is 0 Å². The van der Waals surface area contributed by atoms with E-state index in [0.717, 1.165) is 5.56 Å². The van der Waals surface area contributed by atoms with Crippen LogP contribution in [0.2, 0.25) is 0 Å². The summed E-state index contributed by atoms with van der Waals surface area (Å²) in [6.07, 6.45) is 0. The largest absolute Gasteiger partial charge is 0.495 e. The average molecular weight is 263 g/mol. The monoisotopic (exact) mass is 263 g/mol. The van der Waals surface area contributed by atoms with Crippen LogP contribution in [0.3, 0.4) is 0 Å². The Morgan fingerprint density at radius 2 is 1.84 bits per heavy atom. The molecule has 1 amide bonds. The first-order chi connectivity index (χ1) is 8.86. The van der Waals surface area contributed by atoms with E-state index in [1.54, 1.807) is 12.1 Å². The third-order valence-corrected chi connectivity index (χ3v) is 2.83. The second kappa shape index (κ2) is 6.04. The number of ether oxygens (including phenoxy) is 1. The van der Waals surface area contributed by atoms with Crippen molar-refractivity contribution in [2.45, 2.75) is 20.8 Å². The van der Waals surface area contributed by atoms with E-state index in [2.05, 4.69) is 5.32 Å². The minimum absolute atomic E-state index is 0.0177. The van der Waals surface area contributed by atoms with Crippen LogP contribution in [0.4, 0.5) is 5.69 Å². The van der Waals surface area contributed by atoms with Crippen LogP contribution >= 0.6 is 0 Å². The molecule has 0 radical (unpaired) electrons. The van der Waals surface area contributed by atoms with E-state index in [1.165, 1.54) is 21.0 Å². The Bertz CT molecular complexity index is 546. The number of hydrogen-bond acceptors (Lipinski definition) is 3. The third-order valence-electron chi connectivity index (χ3n) is 2.83. The van der Waals surface area contributed by atoms with Crippen molar-refractivity contribution in [3.8, 4) is 5.75 Å². The molecular formula is C14H17NO4. The van der Waals surface area contributed by atoms with E-state index in [0.29, 0.717) is 11.4 Å². The highest BCUT2D eigenvalue weighted by Gasteiger charge is 2.14. The predicted molar refractivity (Wildman–Crippen MR) is 72.4 cm³/mol. The van der Waals surface area contributed by atoms with Crippen LogP contribution in [-0.4, -0.2) is 24.1 Å². The molecule has 0 aliphatic carbocycles. The van der Waals surface area contributed by atoms with E-state index < -0.39 is 11.9 Å². The first kappa shape index (κ1) is 14.8. The number of benzene rings is 1. The highest BCUT2D eigenvalue weighted by Crippen LogP contribution is 2.25. The number of methoxy groups -OCH3 is 1. The molecule has 19 heavy (non-hydrogen) atoms. The van der Waals surface area contributed by atoms with Gasteiger partial charge in [0.05, 0.1) is 12.8 Å². The lowest BCUT2D eigenvalue weighted by Gasteiger charge is -2.11. The highest BCUT2D eigenvalue weighted by atomic mass is 16.5. The molecule has 0 spiro atoms. The van der Waals surface area contributed by atoms with E-state index in [-0.39, 0.29) is 11.1 Å². The Hall–Kier alpha value is -2.30. The molecule has 0 saturated carbocycles. The Morgan fingerprint density at radius 3 is 2.37 bits per heavy atom. The molecule has 1 aromatic carbocycles. The average Bonchev–Trinajstić information content (AvgIpc) is 2.37. The standard InChI is InChI=1S/C14H17NO4/c1-8-5-6-12(19-4)11(7-8)15-13(16)9(2)10(3)14(17)18/h5-7H,1-4H3,(H,15,16)(H,17,18). The summed E-state index contributed by atoms with van der Waals surface area (Å²) >= 11 is 0. The van der Waals surface area contributed by atoms with E-state index in [9.17, 15) is 9.59 Å². The predicted octanol–water partition coefficient (Wildman–Crippen LogP) is 2.36. The number of carboxylic acids is 1. The molecule has 0 unspecified atom stereocenters. The fourth-order valence-electron chi connectivity index (χ4n) is 1.47. The maximum atomic E-state index is 11.9. The third kappa shape index (κ3) is 3.58. The molecule has 0 aromatic heterocycles. The second-order valence-corrected chi connectivity index (χ2v) is 4.21. The fraction of sp³-hybridized carbons (Fsp3) is 0.286. The van der Waals surface area contributed by atoms with Gasteiger partial charge in [-0.1, -0.05) is 6.07 Å². The number of carbonyl (C=O) groups excluding carboxylic acids is 1. The number of hydrogen-bond donors (Lipinski definition) is 2. The first-order valence-corrected chi connectivity index (χ1v) is 5.73. The summed E-state index contributed by atoms with van der Waals surface area (Å²) < 4.78 is 5.14. The fourth-order valence-corrected chi connectivity index (χ4v) is 1.47. The number of amides is 1. The molecule has 0 heterocycles. The van der Waals surface area contributed by atoms with Crippen LogP contribution in [0.15, 0.2) is 29.3 Å². The van der Waals surface area contributed by atoms with Crippen molar-refractivity contribution in [1.82, 2.24) is 0 Å². The lowest BCUT2D eigenvalue weighted by Crippen LogP contribution is -2.16. The van der Waals surface area contributed by atoms with Gasteiger partial charge in [0.15, 0.2) is 0 Å². The first-order valence-electron chi connectivity index (χ1n) is 5.73. The maximum absolute atomic E-state index is 11.9. The lowest BCUT2D eigenvalue weighted by molar-refractivity contribution is -0.133. The molecular weight excluding hydrogens is 246 g/mol. The molecule has 5 nitrogen and oxygen atoms in total. The summed E-state index contributed by atoms with van der Waals surface area (Å²) in [5.41, 5.74) is 1.66.